The van der Waals surface area contributed by atoms with Gasteiger partial charge in [-0.3, -0.25) is 15.1 Å². The highest BCUT2D eigenvalue weighted by molar-refractivity contribution is 7.98. The maximum Gasteiger partial charge on any atom is 0.257 e. The Morgan fingerprint density at radius 3 is 2.85 bits per heavy atom. The van der Waals surface area contributed by atoms with E-state index >= 15 is 0 Å². The first-order valence-corrected chi connectivity index (χ1v) is 12.9. The number of amides is 1. The molecule has 0 spiro atoms. The first-order chi connectivity index (χ1) is 16.1. The quantitative estimate of drug-likeness (QED) is 0.207. The smallest absolute Gasteiger partial charge is 0.257 e. The standard InChI is InChI=1S/C23H31N7OS2/c1-30(2)14-21-28-20(16-33-21)15-32-12-11-26-23(25-10-6-9-19-13-24-17-27-19)29-22(31)18-7-4-3-5-8-18/h3-5,7-8,13,16-17H,6,9-12,14-15H2,1-2H3,(H,24,27)(H2,25,26,29,31). The van der Waals surface area contributed by atoms with Crippen molar-refractivity contribution in [3.05, 3.63) is 70.2 Å². The van der Waals surface area contributed by atoms with Crippen LogP contribution in [-0.4, -0.2) is 64.7 Å². The number of aryl methyl sites for hydroxylation is 1. The fourth-order valence-corrected chi connectivity index (χ4v) is 4.71. The summed E-state index contributed by atoms with van der Waals surface area (Å²) in [5.74, 6) is 2.05. The molecule has 2 heterocycles. The number of benzene rings is 1. The van der Waals surface area contributed by atoms with Gasteiger partial charge in [-0.1, -0.05) is 18.2 Å². The minimum Gasteiger partial charge on any atom is -0.356 e. The Hall–Kier alpha value is -2.69. The van der Waals surface area contributed by atoms with Gasteiger partial charge in [-0.15, -0.1) is 11.3 Å². The molecule has 176 valence electrons. The van der Waals surface area contributed by atoms with Crippen LogP contribution in [0.25, 0.3) is 0 Å². The molecule has 1 amide bonds. The number of aliphatic imine (C=N–C) groups is 1. The SMILES string of the molecule is CN(C)Cc1nc(CSCCN=C(NCCCc2c[nH]cn2)NC(=O)c2ccccc2)cs1. The first-order valence-electron chi connectivity index (χ1n) is 10.9. The predicted octanol–water partition coefficient (Wildman–Crippen LogP) is 3.17. The first kappa shape index (κ1) is 24.9. The fraction of sp³-hybridized carbons (Fsp3) is 0.391. The second-order valence-electron chi connectivity index (χ2n) is 7.66. The largest absolute Gasteiger partial charge is 0.356 e. The van der Waals surface area contributed by atoms with Crippen molar-refractivity contribution in [2.75, 3.05) is 32.9 Å². The second kappa shape index (κ2) is 13.8. The molecule has 1 aromatic carbocycles. The number of hydrogen-bond acceptors (Lipinski definition) is 7. The lowest BCUT2D eigenvalue weighted by Crippen LogP contribution is -2.41. The number of rotatable bonds is 12. The summed E-state index contributed by atoms with van der Waals surface area (Å²) in [5, 5.41) is 9.44. The summed E-state index contributed by atoms with van der Waals surface area (Å²) in [6.45, 7) is 2.17. The van der Waals surface area contributed by atoms with Crippen molar-refractivity contribution in [3.8, 4) is 0 Å². The molecule has 0 aliphatic heterocycles. The Labute approximate surface area is 203 Å². The summed E-state index contributed by atoms with van der Waals surface area (Å²) in [6.07, 6.45) is 5.33. The Morgan fingerprint density at radius 1 is 1.24 bits per heavy atom. The van der Waals surface area contributed by atoms with E-state index in [0.29, 0.717) is 24.6 Å². The molecule has 3 N–H and O–H groups in total. The maximum atomic E-state index is 12.6. The van der Waals surface area contributed by atoms with Crippen molar-refractivity contribution in [1.82, 2.24) is 30.5 Å². The van der Waals surface area contributed by atoms with Gasteiger partial charge in [0.2, 0.25) is 0 Å². The number of imidazole rings is 1. The van der Waals surface area contributed by atoms with Crippen molar-refractivity contribution < 1.29 is 4.79 Å². The summed E-state index contributed by atoms with van der Waals surface area (Å²) in [4.78, 5) is 31.2. The van der Waals surface area contributed by atoms with Crippen LogP contribution in [0.2, 0.25) is 0 Å². The lowest BCUT2D eigenvalue weighted by atomic mass is 10.2. The zero-order chi connectivity index (χ0) is 23.3. The van der Waals surface area contributed by atoms with Gasteiger partial charge in [0, 0.05) is 41.7 Å². The van der Waals surface area contributed by atoms with E-state index in [9.17, 15) is 4.79 Å². The topological polar surface area (TPSA) is 98.3 Å². The molecule has 0 saturated heterocycles. The van der Waals surface area contributed by atoms with Crippen molar-refractivity contribution in [2.24, 2.45) is 4.99 Å². The molecule has 10 heteroatoms. The molecule has 8 nitrogen and oxygen atoms in total. The van der Waals surface area contributed by atoms with Crippen LogP contribution in [0.4, 0.5) is 0 Å². The van der Waals surface area contributed by atoms with E-state index in [1.54, 1.807) is 41.6 Å². The molecule has 0 radical (unpaired) electrons. The monoisotopic (exact) mass is 485 g/mol. The van der Waals surface area contributed by atoms with Crippen LogP contribution in [0, 0.1) is 0 Å². The number of thiazole rings is 1. The van der Waals surface area contributed by atoms with Gasteiger partial charge < -0.3 is 15.2 Å². The van der Waals surface area contributed by atoms with Crippen LogP contribution in [0.3, 0.4) is 0 Å². The molecule has 0 atom stereocenters. The number of aromatic nitrogens is 3. The van der Waals surface area contributed by atoms with Gasteiger partial charge in [0.15, 0.2) is 5.96 Å². The molecule has 3 aromatic rings. The van der Waals surface area contributed by atoms with Crippen LogP contribution < -0.4 is 10.6 Å². The van der Waals surface area contributed by atoms with E-state index in [-0.39, 0.29) is 5.91 Å². The van der Waals surface area contributed by atoms with E-state index < -0.39 is 0 Å². The highest BCUT2D eigenvalue weighted by Crippen LogP contribution is 2.16. The highest BCUT2D eigenvalue weighted by Gasteiger charge is 2.08. The van der Waals surface area contributed by atoms with Crippen molar-refractivity contribution in [1.29, 1.82) is 0 Å². The zero-order valence-electron chi connectivity index (χ0n) is 19.1. The third-order valence-electron chi connectivity index (χ3n) is 4.53. The number of nitrogens with one attached hydrogen (secondary N) is 3. The van der Waals surface area contributed by atoms with E-state index in [4.69, 9.17) is 0 Å². The normalized spacial score (nSPS) is 11.7. The summed E-state index contributed by atoms with van der Waals surface area (Å²) in [7, 11) is 4.10. The van der Waals surface area contributed by atoms with E-state index in [2.05, 4.69) is 40.9 Å². The average Bonchev–Trinajstić information content (AvgIpc) is 3.48. The Kier molecular flexibility index (Phi) is 10.4. The lowest BCUT2D eigenvalue weighted by Gasteiger charge is -2.11. The number of aromatic amines is 1. The zero-order valence-corrected chi connectivity index (χ0v) is 20.7. The number of nitrogens with zero attached hydrogens (tertiary/aromatic N) is 4. The Balaban J connectivity index is 1.46. The van der Waals surface area contributed by atoms with Crippen molar-refractivity contribution >= 4 is 35.0 Å². The number of carbonyl (C=O) groups excluding carboxylic acids is 1. The van der Waals surface area contributed by atoms with Crippen molar-refractivity contribution in [2.45, 2.75) is 25.1 Å². The van der Waals surface area contributed by atoms with Crippen LogP contribution in [0.5, 0.6) is 0 Å². The summed E-state index contributed by atoms with van der Waals surface area (Å²) in [5.41, 5.74) is 2.74. The molecule has 33 heavy (non-hydrogen) atoms. The van der Waals surface area contributed by atoms with Crippen LogP contribution in [0.1, 0.15) is 33.2 Å². The molecule has 0 bridgehead atoms. The summed E-state index contributed by atoms with van der Waals surface area (Å²) < 4.78 is 0. The Bertz CT molecular complexity index is 987. The number of H-pyrrole nitrogens is 1. The minimum atomic E-state index is -0.169. The van der Waals surface area contributed by atoms with E-state index in [1.165, 1.54) is 0 Å². The van der Waals surface area contributed by atoms with Crippen LogP contribution in [0.15, 0.2) is 53.2 Å². The predicted molar refractivity (Wildman–Crippen MR) is 137 cm³/mol. The summed E-state index contributed by atoms with van der Waals surface area (Å²) >= 11 is 3.50. The number of hydrogen-bond donors (Lipinski definition) is 3. The van der Waals surface area contributed by atoms with Crippen molar-refractivity contribution in [3.63, 3.8) is 0 Å². The van der Waals surface area contributed by atoms with E-state index in [0.717, 1.165) is 47.3 Å². The number of thioether (sulfide) groups is 1. The van der Waals surface area contributed by atoms with Crippen LogP contribution in [-0.2, 0) is 18.7 Å². The molecule has 0 aliphatic carbocycles. The number of carbonyl (C=O) groups is 1. The van der Waals surface area contributed by atoms with Gasteiger partial charge in [-0.05, 0) is 39.1 Å². The van der Waals surface area contributed by atoms with Gasteiger partial charge >= 0.3 is 0 Å². The molecular formula is C23H31N7OS2. The highest BCUT2D eigenvalue weighted by atomic mass is 32.2. The molecule has 0 unspecified atom stereocenters. The molecule has 0 fully saturated rings. The second-order valence-corrected chi connectivity index (χ2v) is 9.71. The summed E-state index contributed by atoms with van der Waals surface area (Å²) in [6, 6.07) is 9.17. The third-order valence-corrected chi connectivity index (χ3v) is 6.38. The van der Waals surface area contributed by atoms with Gasteiger partial charge in [0.05, 0.1) is 24.3 Å². The molecule has 0 aliphatic rings. The number of guanidine groups is 1. The third kappa shape index (κ3) is 9.37. The fourth-order valence-electron chi connectivity index (χ4n) is 2.97. The van der Waals surface area contributed by atoms with Gasteiger partial charge in [-0.25, -0.2) is 9.97 Å². The maximum absolute atomic E-state index is 12.6. The van der Waals surface area contributed by atoms with E-state index in [1.807, 2.05) is 38.5 Å². The Morgan fingerprint density at radius 2 is 2.09 bits per heavy atom. The molecule has 0 saturated carbocycles. The lowest BCUT2D eigenvalue weighted by molar-refractivity contribution is 0.0975. The van der Waals surface area contributed by atoms with Gasteiger partial charge in [-0.2, -0.15) is 11.8 Å². The molecular weight excluding hydrogens is 454 g/mol. The van der Waals surface area contributed by atoms with Gasteiger partial charge in [0.25, 0.3) is 5.91 Å². The molecule has 2 aromatic heterocycles. The van der Waals surface area contributed by atoms with Gasteiger partial charge in [0.1, 0.15) is 5.01 Å². The molecule has 3 rings (SSSR count). The van der Waals surface area contributed by atoms with Crippen LogP contribution >= 0.6 is 23.1 Å². The minimum absolute atomic E-state index is 0.169. The average molecular weight is 486 g/mol.